The number of aryl methyl sites for hydroxylation is 1. The van der Waals surface area contributed by atoms with Gasteiger partial charge in [-0.3, -0.25) is 4.57 Å². The summed E-state index contributed by atoms with van der Waals surface area (Å²) in [4.78, 5) is 3.47. The lowest BCUT2D eigenvalue weighted by Crippen LogP contribution is -2.14. The third-order valence-corrected chi connectivity index (χ3v) is 5.12. The van der Waals surface area contributed by atoms with Crippen molar-refractivity contribution in [2.45, 2.75) is 18.0 Å². The highest BCUT2D eigenvalue weighted by molar-refractivity contribution is 7.90. The molecule has 0 aliphatic rings. The average molecular weight is 398 g/mol. The Bertz CT molecular complexity index is 1100. The van der Waals surface area contributed by atoms with E-state index in [0.717, 1.165) is 17.0 Å². The van der Waals surface area contributed by atoms with E-state index in [4.69, 9.17) is 0 Å². The molecule has 0 spiro atoms. The van der Waals surface area contributed by atoms with E-state index in [9.17, 15) is 26.0 Å². The summed E-state index contributed by atoms with van der Waals surface area (Å²) in [6, 6.07) is 8.95. The van der Waals surface area contributed by atoms with Gasteiger partial charge in [-0.15, -0.1) is 0 Å². The molecule has 0 saturated heterocycles. The molecule has 0 saturated carbocycles. The Morgan fingerprint density at radius 1 is 1.04 bits per heavy atom. The Labute approximate surface area is 153 Å². The van der Waals surface area contributed by atoms with Crippen molar-refractivity contribution in [2.24, 2.45) is 0 Å². The van der Waals surface area contributed by atoms with Gasteiger partial charge >= 0.3 is 6.18 Å². The maximum atomic E-state index is 13.5. The Morgan fingerprint density at radius 2 is 1.67 bits per heavy atom. The molecule has 9 heteroatoms. The van der Waals surface area contributed by atoms with Crippen molar-refractivity contribution in [2.75, 3.05) is 6.26 Å². The van der Waals surface area contributed by atoms with Crippen molar-refractivity contribution in [1.29, 1.82) is 0 Å². The SMILES string of the molecule is Cc1cc(-c2cnc(C(F)(F)F)n2-c2ccc(S(C)(=O)=O)cc2)ccc1F. The van der Waals surface area contributed by atoms with Crippen molar-refractivity contribution in [3.05, 3.63) is 65.9 Å². The molecule has 142 valence electrons. The quantitative estimate of drug-likeness (QED) is 0.614. The predicted molar refractivity (Wildman–Crippen MR) is 91.8 cm³/mol. The fourth-order valence-electron chi connectivity index (χ4n) is 2.66. The van der Waals surface area contributed by atoms with E-state index in [1.807, 2.05) is 0 Å². The minimum atomic E-state index is -4.73. The standard InChI is InChI=1S/C18H14F4N2O2S/c1-11-9-12(3-8-15(11)19)16-10-23-17(18(20,21)22)24(16)13-4-6-14(7-5-13)27(2,25)26/h3-10H,1-2H3. The molecule has 2 aromatic carbocycles. The summed E-state index contributed by atoms with van der Waals surface area (Å²) in [6.45, 7) is 1.51. The van der Waals surface area contributed by atoms with Crippen molar-refractivity contribution in [3.63, 3.8) is 0 Å². The molecular weight excluding hydrogens is 384 g/mol. The van der Waals surface area contributed by atoms with E-state index in [1.165, 1.54) is 49.4 Å². The molecule has 0 unspecified atom stereocenters. The molecule has 0 bridgehead atoms. The second-order valence-electron chi connectivity index (χ2n) is 6.03. The van der Waals surface area contributed by atoms with Crippen LogP contribution in [-0.2, 0) is 16.0 Å². The van der Waals surface area contributed by atoms with E-state index in [1.54, 1.807) is 0 Å². The number of hydrogen-bond acceptors (Lipinski definition) is 3. The fraction of sp³-hybridized carbons (Fsp3) is 0.167. The monoisotopic (exact) mass is 398 g/mol. The number of nitrogens with zero attached hydrogens (tertiary/aromatic N) is 2. The first kappa shape index (κ1) is 19.1. The lowest BCUT2D eigenvalue weighted by molar-refractivity contribution is -0.145. The number of benzene rings is 2. The summed E-state index contributed by atoms with van der Waals surface area (Å²) in [5.74, 6) is -1.63. The van der Waals surface area contributed by atoms with Gasteiger partial charge in [-0.2, -0.15) is 13.2 Å². The molecule has 0 fully saturated rings. The molecule has 3 aromatic rings. The topological polar surface area (TPSA) is 52.0 Å². The first-order chi connectivity index (χ1) is 12.5. The molecule has 4 nitrogen and oxygen atoms in total. The number of hydrogen-bond donors (Lipinski definition) is 0. The van der Waals surface area contributed by atoms with E-state index < -0.39 is 27.7 Å². The number of sulfone groups is 1. The second-order valence-corrected chi connectivity index (χ2v) is 8.05. The highest BCUT2D eigenvalue weighted by atomic mass is 32.2. The van der Waals surface area contributed by atoms with Crippen LogP contribution in [0.15, 0.2) is 53.6 Å². The van der Waals surface area contributed by atoms with Gasteiger partial charge in [0.15, 0.2) is 9.84 Å². The van der Waals surface area contributed by atoms with Crippen LogP contribution in [0.4, 0.5) is 17.6 Å². The first-order valence-electron chi connectivity index (χ1n) is 7.70. The zero-order chi connectivity index (χ0) is 20.0. The fourth-order valence-corrected chi connectivity index (χ4v) is 3.29. The largest absolute Gasteiger partial charge is 0.450 e. The molecule has 0 N–H and O–H groups in total. The van der Waals surface area contributed by atoms with Crippen LogP contribution in [0.2, 0.25) is 0 Å². The molecule has 0 atom stereocenters. The molecule has 3 rings (SSSR count). The van der Waals surface area contributed by atoms with Crippen molar-refractivity contribution in [3.8, 4) is 16.9 Å². The number of halogens is 4. The molecule has 1 heterocycles. The summed E-state index contributed by atoms with van der Waals surface area (Å²) < 4.78 is 77.9. The minimum Gasteiger partial charge on any atom is -0.289 e. The number of rotatable bonds is 3. The molecular formula is C18H14F4N2O2S. The summed E-state index contributed by atoms with van der Waals surface area (Å²) >= 11 is 0. The van der Waals surface area contributed by atoms with Crippen molar-refractivity contribution >= 4 is 9.84 Å². The zero-order valence-corrected chi connectivity index (χ0v) is 15.1. The molecule has 0 aliphatic carbocycles. The van der Waals surface area contributed by atoms with E-state index in [2.05, 4.69) is 4.98 Å². The summed E-state index contributed by atoms with van der Waals surface area (Å²) in [5.41, 5.74) is 0.826. The summed E-state index contributed by atoms with van der Waals surface area (Å²) in [6.07, 6.45) is -2.67. The maximum Gasteiger partial charge on any atom is 0.450 e. The molecule has 1 aromatic heterocycles. The second kappa shape index (κ2) is 6.49. The average Bonchev–Trinajstić information content (AvgIpc) is 3.02. The Morgan fingerprint density at radius 3 is 2.19 bits per heavy atom. The van der Waals surface area contributed by atoms with Crippen LogP contribution in [-0.4, -0.2) is 24.2 Å². The minimum absolute atomic E-state index is 0.0147. The third kappa shape index (κ3) is 3.73. The van der Waals surface area contributed by atoms with Gasteiger partial charge < -0.3 is 0 Å². The van der Waals surface area contributed by atoms with Crippen LogP contribution < -0.4 is 0 Å². The van der Waals surface area contributed by atoms with Gasteiger partial charge in [0, 0.05) is 17.5 Å². The highest BCUT2D eigenvalue weighted by Crippen LogP contribution is 2.35. The predicted octanol–water partition coefficient (Wildman–Crippen LogP) is 4.41. The highest BCUT2D eigenvalue weighted by Gasteiger charge is 2.38. The Kier molecular flexibility index (Phi) is 4.59. The summed E-state index contributed by atoms with van der Waals surface area (Å²) in [5, 5.41) is 0. The van der Waals surface area contributed by atoms with Gasteiger partial charge in [-0.1, -0.05) is 0 Å². The Hall–Kier alpha value is -2.68. The first-order valence-corrected chi connectivity index (χ1v) is 9.59. The third-order valence-electron chi connectivity index (χ3n) is 3.99. The van der Waals surface area contributed by atoms with Gasteiger partial charge in [0.25, 0.3) is 0 Å². The Balaban J connectivity index is 2.23. The van der Waals surface area contributed by atoms with Crippen LogP contribution in [0.5, 0.6) is 0 Å². The van der Waals surface area contributed by atoms with Crippen LogP contribution >= 0.6 is 0 Å². The number of aromatic nitrogens is 2. The van der Waals surface area contributed by atoms with Gasteiger partial charge in [0.1, 0.15) is 5.82 Å². The van der Waals surface area contributed by atoms with Crippen LogP contribution in [0.25, 0.3) is 16.9 Å². The van der Waals surface area contributed by atoms with E-state index >= 15 is 0 Å². The van der Waals surface area contributed by atoms with Gasteiger partial charge in [0.05, 0.1) is 16.8 Å². The van der Waals surface area contributed by atoms with Gasteiger partial charge in [-0.05, 0) is 55.0 Å². The van der Waals surface area contributed by atoms with Crippen LogP contribution in [0.1, 0.15) is 11.4 Å². The van der Waals surface area contributed by atoms with Gasteiger partial charge in [-0.25, -0.2) is 17.8 Å². The lowest BCUT2D eigenvalue weighted by Gasteiger charge is -2.15. The number of imidazole rings is 1. The van der Waals surface area contributed by atoms with Crippen LogP contribution in [0, 0.1) is 12.7 Å². The smallest absolute Gasteiger partial charge is 0.289 e. The van der Waals surface area contributed by atoms with E-state index in [0.29, 0.717) is 5.56 Å². The maximum absolute atomic E-state index is 13.5. The lowest BCUT2D eigenvalue weighted by atomic mass is 10.1. The summed E-state index contributed by atoms with van der Waals surface area (Å²) in [7, 11) is -3.49. The molecule has 27 heavy (non-hydrogen) atoms. The van der Waals surface area contributed by atoms with Crippen molar-refractivity contribution in [1.82, 2.24) is 9.55 Å². The normalized spacial score (nSPS) is 12.4. The van der Waals surface area contributed by atoms with E-state index in [-0.39, 0.29) is 21.8 Å². The molecule has 0 amide bonds. The number of alkyl halides is 3. The van der Waals surface area contributed by atoms with Crippen LogP contribution in [0.3, 0.4) is 0 Å². The van der Waals surface area contributed by atoms with Crippen molar-refractivity contribution < 1.29 is 26.0 Å². The van der Waals surface area contributed by atoms with Gasteiger partial charge in [0.2, 0.25) is 5.82 Å². The molecule has 0 radical (unpaired) electrons. The zero-order valence-electron chi connectivity index (χ0n) is 14.2. The molecule has 0 aliphatic heterocycles.